The van der Waals surface area contributed by atoms with Crippen molar-refractivity contribution in [3.63, 3.8) is 0 Å². The average Bonchev–Trinajstić information content (AvgIpc) is 2.69. The molecule has 0 saturated heterocycles. The zero-order valence-electron chi connectivity index (χ0n) is 17.0. The van der Waals surface area contributed by atoms with Crippen LogP contribution in [0.4, 0.5) is 0 Å². The molecule has 0 bridgehead atoms. The van der Waals surface area contributed by atoms with Crippen LogP contribution in [0.2, 0.25) is 0 Å². The summed E-state index contributed by atoms with van der Waals surface area (Å²) < 4.78 is 0. The van der Waals surface area contributed by atoms with Crippen LogP contribution in [0.3, 0.4) is 0 Å². The zero-order valence-corrected chi connectivity index (χ0v) is 17.0. The molecule has 2 rings (SSSR count). The number of hydrogen-bond acceptors (Lipinski definition) is 8. The Morgan fingerprint density at radius 2 is 1.00 bits per heavy atom. The van der Waals surface area contributed by atoms with Gasteiger partial charge in [-0.3, -0.25) is 0 Å². The van der Waals surface area contributed by atoms with E-state index in [2.05, 4.69) is 10.6 Å². The quantitative estimate of drug-likeness (QED) is 0.230. The van der Waals surface area contributed by atoms with Gasteiger partial charge in [0, 0.05) is 36.3 Å². The Balaban J connectivity index is 1.49. The van der Waals surface area contributed by atoms with Gasteiger partial charge in [0.1, 0.15) is 23.0 Å². The predicted molar refractivity (Wildman–Crippen MR) is 114 cm³/mol. The van der Waals surface area contributed by atoms with Gasteiger partial charge in [0.2, 0.25) is 0 Å². The molecule has 2 unspecified atom stereocenters. The summed E-state index contributed by atoms with van der Waals surface area (Å²) in [7, 11) is 0. The zero-order chi connectivity index (χ0) is 21.9. The fourth-order valence-corrected chi connectivity index (χ4v) is 3.18. The molecule has 0 saturated carbocycles. The molecule has 0 fully saturated rings. The Bertz CT molecular complexity index is 721. The first-order valence-corrected chi connectivity index (χ1v) is 10.2. The maximum absolute atomic E-state index is 10.1. The molecule has 0 aliphatic carbocycles. The molecule has 166 valence electrons. The molecule has 0 aliphatic heterocycles. The largest absolute Gasteiger partial charge is 0.508 e. The van der Waals surface area contributed by atoms with Crippen LogP contribution in [-0.4, -0.2) is 56.8 Å². The van der Waals surface area contributed by atoms with Gasteiger partial charge in [0.05, 0.1) is 12.2 Å². The molecule has 8 N–H and O–H groups in total. The number of unbranched alkanes of at least 4 members (excludes halogenated alkanes) is 3. The molecule has 30 heavy (non-hydrogen) atoms. The van der Waals surface area contributed by atoms with Crippen molar-refractivity contribution in [2.45, 2.75) is 37.9 Å². The van der Waals surface area contributed by atoms with Crippen molar-refractivity contribution in [1.82, 2.24) is 10.6 Å². The summed E-state index contributed by atoms with van der Waals surface area (Å²) in [6.45, 7) is 2.15. The maximum Gasteiger partial charge on any atom is 0.125 e. The fourth-order valence-electron chi connectivity index (χ4n) is 3.18. The molecule has 2 aromatic rings. The Kier molecular flexibility index (Phi) is 9.69. The lowest BCUT2D eigenvalue weighted by Gasteiger charge is -2.14. The molecular weight excluding hydrogens is 388 g/mol. The lowest BCUT2D eigenvalue weighted by atomic mass is 10.1. The van der Waals surface area contributed by atoms with Crippen LogP contribution in [0.5, 0.6) is 23.0 Å². The van der Waals surface area contributed by atoms with E-state index >= 15 is 0 Å². The third kappa shape index (κ3) is 7.72. The first kappa shape index (κ1) is 23.8. The number of aliphatic hydroxyl groups excluding tert-OH is 2. The number of aromatic hydroxyl groups is 4. The van der Waals surface area contributed by atoms with Crippen molar-refractivity contribution in [3.05, 3.63) is 47.5 Å². The third-order valence-corrected chi connectivity index (χ3v) is 4.88. The topological polar surface area (TPSA) is 145 Å². The Morgan fingerprint density at radius 3 is 1.37 bits per heavy atom. The van der Waals surface area contributed by atoms with Gasteiger partial charge in [-0.1, -0.05) is 12.8 Å². The van der Waals surface area contributed by atoms with Crippen molar-refractivity contribution >= 4 is 0 Å². The van der Waals surface area contributed by atoms with Gasteiger partial charge in [-0.25, -0.2) is 0 Å². The van der Waals surface area contributed by atoms with E-state index < -0.39 is 12.2 Å². The molecule has 8 nitrogen and oxygen atoms in total. The van der Waals surface area contributed by atoms with Crippen molar-refractivity contribution in [3.8, 4) is 23.0 Å². The maximum atomic E-state index is 10.1. The minimum atomic E-state index is -0.839. The van der Waals surface area contributed by atoms with Crippen LogP contribution >= 0.6 is 0 Å². The molecule has 0 heterocycles. The first-order valence-electron chi connectivity index (χ1n) is 10.2. The Labute approximate surface area is 176 Å². The van der Waals surface area contributed by atoms with Crippen LogP contribution in [0.1, 0.15) is 49.0 Å². The number of benzene rings is 2. The van der Waals surface area contributed by atoms with Crippen LogP contribution < -0.4 is 10.6 Å². The second-order valence-electron chi connectivity index (χ2n) is 7.34. The van der Waals surface area contributed by atoms with E-state index in [1.54, 1.807) is 0 Å². The summed E-state index contributed by atoms with van der Waals surface area (Å²) >= 11 is 0. The van der Waals surface area contributed by atoms with E-state index in [0.29, 0.717) is 24.2 Å². The third-order valence-electron chi connectivity index (χ3n) is 4.88. The van der Waals surface area contributed by atoms with Crippen molar-refractivity contribution in [2.24, 2.45) is 0 Å². The average molecular weight is 421 g/mol. The minimum absolute atomic E-state index is 0.0427. The summed E-state index contributed by atoms with van der Waals surface area (Å²) in [6, 6.07) is 8.28. The lowest BCUT2D eigenvalue weighted by Crippen LogP contribution is -2.23. The van der Waals surface area contributed by atoms with Gasteiger partial charge >= 0.3 is 0 Å². The van der Waals surface area contributed by atoms with Gasteiger partial charge in [0.15, 0.2) is 0 Å². The number of aliphatic hydroxyl groups is 2. The van der Waals surface area contributed by atoms with Crippen molar-refractivity contribution < 1.29 is 30.6 Å². The summed E-state index contributed by atoms with van der Waals surface area (Å²) in [5.74, 6) is -0.331. The van der Waals surface area contributed by atoms with E-state index in [0.717, 1.165) is 38.8 Å². The monoisotopic (exact) mass is 420 g/mol. The van der Waals surface area contributed by atoms with E-state index in [1.807, 2.05) is 0 Å². The minimum Gasteiger partial charge on any atom is -0.508 e. The van der Waals surface area contributed by atoms with Gasteiger partial charge in [0.25, 0.3) is 0 Å². The van der Waals surface area contributed by atoms with Gasteiger partial charge in [-0.2, -0.15) is 0 Å². The second-order valence-corrected chi connectivity index (χ2v) is 7.34. The molecule has 2 aromatic carbocycles. The molecule has 2 atom stereocenters. The van der Waals surface area contributed by atoms with Crippen molar-refractivity contribution in [2.75, 3.05) is 26.2 Å². The molecule has 8 heteroatoms. The molecule has 0 aromatic heterocycles. The second kappa shape index (κ2) is 12.2. The Morgan fingerprint density at radius 1 is 0.600 bits per heavy atom. The highest BCUT2D eigenvalue weighted by molar-refractivity contribution is 5.41. The molecule has 0 aliphatic rings. The van der Waals surface area contributed by atoms with E-state index in [-0.39, 0.29) is 23.0 Å². The van der Waals surface area contributed by atoms with E-state index in [9.17, 15) is 30.6 Å². The lowest BCUT2D eigenvalue weighted by molar-refractivity contribution is 0.170. The molecule has 0 spiro atoms. The standard InChI is InChI=1S/C22H32N2O6/c25-15-5-7-17(19(27)11-15)21(29)13-23-9-3-1-2-4-10-24-14-22(30)18-8-6-16(26)12-20(18)28/h5-8,11-12,21-30H,1-4,9-10,13-14H2. The fraction of sp³-hybridized carbons (Fsp3) is 0.455. The van der Waals surface area contributed by atoms with Crippen LogP contribution in [-0.2, 0) is 0 Å². The van der Waals surface area contributed by atoms with Gasteiger partial charge in [-0.05, 0) is 50.2 Å². The van der Waals surface area contributed by atoms with Crippen LogP contribution in [0.25, 0.3) is 0 Å². The van der Waals surface area contributed by atoms with Gasteiger partial charge < -0.3 is 41.3 Å². The normalized spacial score (nSPS) is 13.3. The van der Waals surface area contributed by atoms with E-state index in [1.165, 1.54) is 36.4 Å². The SMILES string of the molecule is Oc1ccc(C(O)CNCCCCCCNCC(O)c2ccc(O)cc2O)c(O)c1. The molecule has 0 amide bonds. The molecule has 0 radical (unpaired) electrons. The highest BCUT2D eigenvalue weighted by atomic mass is 16.3. The number of hydrogen-bond donors (Lipinski definition) is 8. The highest BCUT2D eigenvalue weighted by Gasteiger charge is 2.13. The summed E-state index contributed by atoms with van der Waals surface area (Å²) in [5.41, 5.74) is 0.767. The number of nitrogens with one attached hydrogen (secondary N) is 2. The number of phenolic OH excluding ortho intramolecular Hbond substituents is 4. The number of rotatable bonds is 13. The summed E-state index contributed by atoms with van der Waals surface area (Å²) in [6.07, 6.45) is 2.28. The number of phenols is 4. The van der Waals surface area contributed by atoms with Crippen LogP contribution in [0, 0.1) is 0 Å². The van der Waals surface area contributed by atoms with Gasteiger partial charge in [-0.15, -0.1) is 0 Å². The smallest absolute Gasteiger partial charge is 0.125 e. The van der Waals surface area contributed by atoms with E-state index in [4.69, 9.17) is 0 Å². The first-order chi connectivity index (χ1) is 14.4. The van der Waals surface area contributed by atoms with Crippen LogP contribution in [0.15, 0.2) is 36.4 Å². The molecular formula is C22H32N2O6. The summed E-state index contributed by atoms with van der Waals surface area (Å²) in [5, 5.41) is 64.5. The Hall–Kier alpha value is -2.52. The highest BCUT2D eigenvalue weighted by Crippen LogP contribution is 2.28. The predicted octanol–water partition coefficient (Wildman–Crippen LogP) is 2.02. The summed E-state index contributed by atoms with van der Waals surface area (Å²) in [4.78, 5) is 0. The van der Waals surface area contributed by atoms with Crippen molar-refractivity contribution in [1.29, 1.82) is 0 Å².